The van der Waals surface area contributed by atoms with Gasteiger partial charge in [0.15, 0.2) is 0 Å². The maximum absolute atomic E-state index is 11.8. The van der Waals surface area contributed by atoms with Gasteiger partial charge in [0.2, 0.25) is 0 Å². The zero-order valence-corrected chi connectivity index (χ0v) is 12.4. The summed E-state index contributed by atoms with van der Waals surface area (Å²) in [6.07, 6.45) is 1.84. The summed E-state index contributed by atoms with van der Waals surface area (Å²) < 4.78 is 5.66. The summed E-state index contributed by atoms with van der Waals surface area (Å²) in [6, 6.07) is 4.24. The molecular formula is C13H15BrN2O4. The molecule has 2 rings (SSSR count). The topological polar surface area (TPSA) is 87.7 Å². The summed E-state index contributed by atoms with van der Waals surface area (Å²) in [6.45, 7) is 0. The number of benzene rings is 1. The molecule has 6 nitrogen and oxygen atoms in total. The summed E-state index contributed by atoms with van der Waals surface area (Å²) in [5.41, 5.74) is 0.680. The van der Waals surface area contributed by atoms with Crippen LogP contribution in [-0.2, 0) is 4.74 Å². The molecule has 1 aromatic rings. The first-order valence-corrected chi connectivity index (χ1v) is 6.92. The van der Waals surface area contributed by atoms with Crippen LogP contribution in [0.1, 0.15) is 23.2 Å². The number of rotatable bonds is 4. The summed E-state index contributed by atoms with van der Waals surface area (Å²) in [7, 11) is 1.65. The van der Waals surface area contributed by atoms with Gasteiger partial charge in [-0.25, -0.2) is 9.59 Å². The number of halogens is 1. The molecule has 1 aromatic carbocycles. The Labute approximate surface area is 124 Å². The molecule has 20 heavy (non-hydrogen) atoms. The van der Waals surface area contributed by atoms with E-state index in [4.69, 9.17) is 9.84 Å². The first-order valence-electron chi connectivity index (χ1n) is 6.12. The van der Waals surface area contributed by atoms with E-state index in [2.05, 4.69) is 26.6 Å². The van der Waals surface area contributed by atoms with Crippen molar-refractivity contribution < 1.29 is 19.4 Å². The highest BCUT2D eigenvalue weighted by atomic mass is 79.9. The van der Waals surface area contributed by atoms with Crippen LogP contribution in [0.25, 0.3) is 0 Å². The number of amides is 2. The van der Waals surface area contributed by atoms with Gasteiger partial charge in [-0.2, -0.15) is 0 Å². The molecule has 1 fully saturated rings. The third-order valence-corrected chi connectivity index (χ3v) is 3.88. The number of aromatic carboxylic acids is 1. The SMILES string of the molecule is COC1CC(NC(=O)Nc2ccc(C(=O)O)cc2Br)C1. The summed E-state index contributed by atoms with van der Waals surface area (Å²) in [4.78, 5) is 22.6. The molecule has 0 saturated heterocycles. The number of methoxy groups -OCH3 is 1. The second kappa shape index (κ2) is 6.23. The summed E-state index contributed by atoms with van der Waals surface area (Å²) in [5.74, 6) is -1.01. The minimum Gasteiger partial charge on any atom is -0.478 e. The highest BCUT2D eigenvalue weighted by Gasteiger charge is 2.30. The fourth-order valence-corrected chi connectivity index (χ4v) is 2.45. The van der Waals surface area contributed by atoms with Gasteiger partial charge in [-0.1, -0.05) is 0 Å². The van der Waals surface area contributed by atoms with Crippen LogP contribution < -0.4 is 10.6 Å². The molecule has 0 aliphatic heterocycles. The highest BCUT2D eigenvalue weighted by molar-refractivity contribution is 9.10. The molecule has 1 aliphatic carbocycles. The predicted octanol–water partition coefficient (Wildman–Crippen LogP) is 2.45. The van der Waals surface area contributed by atoms with Crippen molar-refractivity contribution in [3.05, 3.63) is 28.2 Å². The van der Waals surface area contributed by atoms with E-state index in [1.54, 1.807) is 13.2 Å². The van der Waals surface area contributed by atoms with Gasteiger partial charge < -0.3 is 20.5 Å². The van der Waals surface area contributed by atoms with Crippen molar-refractivity contribution in [2.45, 2.75) is 25.0 Å². The third-order valence-electron chi connectivity index (χ3n) is 3.23. The zero-order valence-electron chi connectivity index (χ0n) is 10.9. The van der Waals surface area contributed by atoms with E-state index in [1.165, 1.54) is 12.1 Å². The van der Waals surface area contributed by atoms with Crippen molar-refractivity contribution in [1.82, 2.24) is 5.32 Å². The Hall–Kier alpha value is -1.60. The lowest BCUT2D eigenvalue weighted by Gasteiger charge is -2.34. The second-order valence-electron chi connectivity index (χ2n) is 4.62. The fourth-order valence-electron chi connectivity index (χ4n) is 1.97. The Morgan fingerprint density at radius 3 is 2.65 bits per heavy atom. The van der Waals surface area contributed by atoms with Crippen molar-refractivity contribution in [3.8, 4) is 0 Å². The number of hydrogen-bond acceptors (Lipinski definition) is 3. The molecule has 0 atom stereocenters. The van der Waals surface area contributed by atoms with Gasteiger partial charge in [0, 0.05) is 17.6 Å². The first kappa shape index (κ1) is 14.8. The van der Waals surface area contributed by atoms with Crippen LogP contribution in [0.5, 0.6) is 0 Å². The molecule has 0 spiro atoms. The minimum absolute atomic E-state index is 0.122. The van der Waals surface area contributed by atoms with Gasteiger partial charge >= 0.3 is 12.0 Å². The maximum atomic E-state index is 11.8. The second-order valence-corrected chi connectivity index (χ2v) is 5.48. The number of anilines is 1. The van der Waals surface area contributed by atoms with Crippen LogP contribution in [-0.4, -0.2) is 36.4 Å². The standard InChI is InChI=1S/C13H15BrN2O4/c1-20-9-5-8(6-9)15-13(19)16-11-3-2-7(12(17)18)4-10(11)14/h2-4,8-9H,5-6H2,1H3,(H,17,18)(H2,15,16,19). The summed E-state index contributed by atoms with van der Waals surface area (Å²) in [5, 5.41) is 14.4. The lowest BCUT2D eigenvalue weighted by Crippen LogP contribution is -2.48. The average Bonchev–Trinajstić information content (AvgIpc) is 2.35. The van der Waals surface area contributed by atoms with Crippen molar-refractivity contribution >= 4 is 33.6 Å². The van der Waals surface area contributed by atoms with Gasteiger partial charge in [0.1, 0.15) is 0 Å². The van der Waals surface area contributed by atoms with Crippen LogP contribution >= 0.6 is 15.9 Å². The van der Waals surface area contributed by atoms with E-state index in [0.717, 1.165) is 12.8 Å². The number of ether oxygens (including phenoxy) is 1. The lowest BCUT2D eigenvalue weighted by molar-refractivity contribution is 0.0210. The lowest BCUT2D eigenvalue weighted by atomic mass is 9.89. The van der Waals surface area contributed by atoms with E-state index >= 15 is 0 Å². The molecule has 1 aliphatic rings. The molecule has 0 aromatic heterocycles. The molecule has 1 saturated carbocycles. The van der Waals surface area contributed by atoms with Gasteiger partial charge in [0.05, 0.1) is 17.4 Å². The van der Waals surface area contributed by atoms with Crippen LogP contribution in [0.15, 0.2) is 22.7 Å². The van der Waals surface area contributed by atoms with Crippen LogP contribution in [0.3, 0.4) is 0 Å². The molecule has 3 N–H and O–H groups in total. The Morgan fingerprint density at radius 2 is 2.10 bits per heavy atom. The maximum Gasteiger partial charge on any atom is 0.335 e. The highest BCUT2D eigenvalue weighted by Crippen LogP contribution is 2.25. The molecule has 108 valence electrons. The smallest absolute Gasteiger partial charge is 0.335 e. The molecular weight excluding hydrogens is 328 g/mol. The van der Waals surface area contributed by atoms with E-state index in [0.29, 0.717) is 10.2 Å². The zero-order chi connectivity index (χ0) is 14.7. The number of nitrogens with one attached hydrogen (secondary N) is 2. The van der Waals surface area contributed by atoms with Gasteiger partial charge in [-0.15, -0.1) is 0 Å². The van der Waals surface area contributed by atoms with Gasteiger partial charge in [-0.05, 0) is 47.0 Å². The van der Waals surface area contributed by atoms with Crippen LogP contribution in [0, 0.1) is 0 Å². The number of hydrogen-bond donors (Lipinski definition) is 3. The van der Waals surface area contributed by atoms with Crippen molar-refractivity contribution in [3.63, 3.8) is 0 Å². The fraction of sp³-hybridized carbons (Fsp3) is 0.385. The Balaban J connectivity index is 1.90. The van der Waals surface area contributed by atoms with Crippen LogP contribution in [0.4, 0.5) is 10.5 Å². The Bertz CT molecular complexity index is 529. The van der Waals surface area contributed by atoms with Crippen molar-refractivity contribution in [1.29, 1.82) is 0 Å². The molecule has 0 heterocycles. The predicted molar refractivity (Wildman–Crippen MR) is 77.1 cm³/mol. The Morgan fingerprint density at radius 1 is 1.40 bits per heavy atom. The number of carboxylic acids is 1. The number of urea groups is 1. The van der Waals surface area contributed by atoms with Crippen molar-refractivity contribution in [2.24, 2.45) is 0 Å². The molecule has 0 radical (unpaired) electrons. The van der Waals surface area contributed by atoms with Crippen LogP contribution in [0.2, 0.25) is 0 Å². The summed E-state index contributed by atoms with van der Waals surface area (Å²) >= 11 is 3.24. The third kappa shape index (κ3) is 3.49. The molecule has 0 unspecified atom stereocenters. The first-order chi connectivity index (χ1) is 9.49. The molecule has 2 amide bonds. The quantitative estimate of drug-likeness (QED) is 0.784. The van der Waals surface area contributed by atoms with Gasteiger partial charge in [-0.3, -0.25) is 0 Å². The largest absolute Gasteiger partial charge is 0.478 e. The average molecular weight is 343 g/mol. The van der Waals surface area contributed by atoms with Gasteiger partial charge in [0.25, 0.3) is 0 Å². The monoisotopic (exact) mass is 342 g/mol. The van der Waals surface area contributed by atoms with E-state index in [1.807, 2.05) is 0 Å². The molecule has 0 bridgehead atoms. The van der Waals surface area contributed by atoms with E-state index in [9.17, 15) is 9.59 Å². The minimum atomic E-state index is -1.01. The molecule has 7 heteroatoms. The number of carboxylic acid groups (broad SMARTS) is 1. The van der Waals surface area contributed by atoms with E-state index in [-0.39, 0.29) is 23.7 Å². The normalized spacial score (nSPS) is 20.9. The number of carbonyl (C=O) groups excluding carboxylic acids is 1. The number of carbonyl (C=O) groups is 2. The van der Waals surface area contributed by atoms with Crippen molar-refractivity contribution in [2.75, 3.05) is 12.4 Å². The van der Waals surface area contributed by atoms with E-state index < -0.39 is 5.97 Å². The Kier molecular flexibility index (Phi) is 4.61.